The second-order valence-electron chi connectivity index (χ2n) is 2.60. The van der Waals surface area contributed by atoms with Gasteiger partial charge in [-0.3, -0.25) is 0 Å². The van der Waals surface area contributed by atoms with E-state index in [-0.39, 0.29) is 5.28 Å². The number of thioether (sulfide) groups is 1. The zero-order valence-electron chi connectivity index (χ0n) is 7.46. The molecule has 5 heteroatoms. The van der Waals surface area contributed by atoms with Crippen LogP contribution < -0.4 is 5.73 Å². The summed E-state index contributed by atoms with van der Waals surface area (Å²) >= 11 is 7.31. The van der Waals surface area contributed by atoms with Crippen LogP contribution in [0.4, 0.5) is 5.82 Å². The molecule has 0 aliphatic carbocycles. The summed E-state index contributed by atoms with van der Waals surface area (Å²) in [5.41, 5.74) is 5.51. The predicted molar refractivity (Wildman–Crippen MR) is 57.1 cm³/mol. The van der Waals surface area contributed by atoms with Gasteiger partial charge in [-0.1, -0.05) is 13.3 Å². The van der Waals surface area contributed by atoms with E-state index in [0.717, 1.165) is 10.8 Å². The molecule has 1 heterocycles. The number of nitrogens with two attached hydrogens (primary N) is 1. The molecule has 0 unspecified atom stereocenters. The van der Waals surface area contributed by atoms with Crippen molar-refractivity contribution in [3.63, 3.8) is 0 Å². The third-order valence-corrected chi connectivity index (χ3v) is 2.61. The Morgan fingerprint density at radius 3 is 2.92 bits per heavy atom. The van der Waals surface area contributed by atoms with Crippen molar-refractivity contribution in [2.45, 2.75) is 24.8 Å². The standard InChI is InChI=1S/C8H12ClN3S/c1-2-3-4-13-7-5-6(10)11-8(9)12-7/h5H,2-4H2,1H3,(H2,10,11,12). The van der Waals surface area contributed by atoms with Crippen LogP contribution in [0.25, 0.3) is 0 Å². The molecular weight excluding hydrogens is 206 g/mol. The van der Waals surface area contributed by atoms with Crippen molar-refractivity contribution in [1.82, 2.24) is 9.97 Å². The number of halogens is 1. The van der Waals surface area contributed by atoms with Gasteiger partial charge in [-0.05, 0) is 23.8 Å². The Morgan fingerprint density at radius 1 is 1.54 bits per heavy atom. The van der Waals surface area contributed by atoms with Gasteiger partial charge in [0.1, 0.15) is 10.8 Å². The molecule has 0 aromatic carbocycles. The average molecular weight is 218 g/mol. The van der Waals surface area contributed by atoms with Crippen LogP contribution in [-0.4, -0.2) is 15.7 Å². The molecule has 3 nitrogen and oxygen atoms in total. The summed E-state index contributed by atoms with van der Waals surface area (Å²) in [6.45, 7) is 2.15. The summed E-state index contributed by atoms with van der Waals surface area (Å²) in [5.74, 6) is 1.47. The molecule has 0 radical (unpaired) electrons. The molecule has 1 aromatic heterocycles. The van der Waals surface area contributed by atoms with E-state index in [0.29, 0.717) is 5.82 Å². The molecule has 72 valence electrons. The molecular formula is C8H12ClN3S. The van der Waals surface area contributed by atoms with Crippen LogP contribution in [0.15, 0.2) is 11.1 Å². The fourth-order valence-electron chi connectivity index (χ4n) is 0.809. The van der Waals surface area contributed by atoms with Crippen molar-refractivity contribution in [2.75, 3.05) is 11.5 Å². The van der Waals surface area contributed by atoms with Crippen molar-refractivity contribution in [3.8, 4) is 0 Å². The fraction of sp³-hybridized carbons (Fsp3) is 0.500. The SMILES string of the molecule is CCCCSc1cc(N)nc(Cl)n1. The van der Waals surface area contributed by atoms with E-state index in [1.165, 1.54) is 12.8 Å². The smallest absolute Gasteiger partial charge is 0.225 e. The summed E-state index contributed by atoms with van der Waals surface area (Å²) in [6, 6.07) is 1.74. The van der Waals surface area contributed by atoms with Gasteiger partial charge in [0, 0.05) is 6.07 Å². The molecule has 0 bridgehead atoms. The normalized spacial score (nSPS) is 10.3. The molecule has 2 N–H and O–H groups in total. The van der Waals surface area contributed by atoms with Crippen molar-refractivity contribution in [1.29, 1.82) is 0 Å². The highest BCUT2D eigenvalue weighted by atomic mass is 35.5. The topological polar surface area (TPSA) is 51.8 Å². The van der Waals surface area contributed by atoms with Gasteiger partial charge in [-0.2, -0.15) is 0 Å². The van der Waals surface area contributed by atoms with Crippen LogP contribution in [0.1, 0.15) is 19.8 Å². The average Bonchev–Trinajstić information content (AvgIpc) is 2.03. The van der Waals surface area contributed by atoms with Crippen LogP contribution in [0.5, 0.6) is 0 Å². The predicted octanol–water partition coefficient (Wildman–Crippen LogP) is 2.60. The number of hydrogen-bond acceptors (Lipinski definition) is 4. The lowest BCUT2D eigenvalue weighted by atomic mass is 10.4. The highest BCUT2D eigenvalue weighted by Gasteiger charge is 2.00. The fourth-order valence-corrected chi connectivity index (χ4v) is 2.04. The van der Waals surface area contributed by atoms with E-state index in [4.69, 9.17) is 17.3 Å². The van der Waals surface area contributed by atoms with Crippen LogP contribution in [0.2, 0.25) is 5.28 Å². The van der Waals surface area contributed by atoms with E-state index in [2.05, 4.69) is 16.9 Å². The Morgan fingerprint density at radius 2 is 2.31 bits per heavy atom. The summed E-state index contributed by atoms with van der Waals surface area (Å²) in [5, 5.41) is 1.07. The molecule has 0 atom stereocenters. The van der Waals surface area contributed by atoms with Gasteiger partial charge in [0.2, 0.25) is 5.28 Å². The largest absolute Gasteiger partial charge is 0.384 e. The first kappa shape index (κ1) is 10.6. The molecule has 0 spiro atoms. The lowest BCUT2D eigenvalue weighted by molar-refractivity contribution is 0.894. The molecule has 13 heavy (non-hydrogen) atoms. The Labute approximate surface area is 87.1 Å². The summed E-state index contributed by atoms with van der Waals surface area (Å²) in [6.07, 6.45) is 2.35. The van der Waals surface area contributed by atoms with E-state index in [9.17, 15) is 0 Å². The van der Waals surface area contributed by atoms with Crippen LogP contribution in [-0.2, 0) is 0 Å². The molecule has 0 fully saturated rings. The Bertz CT molecular complexity index is 260. The minimum absolute atomic E-state index is 0.221. The maximum absolute atomic E-state index is 5.65. The van der Waals surface area contributed by atoms with Gasteiger partial charge in [0.25, 0.3) is 0 Å². The summed E-state index contributed by atoms with van der Waals surface area (Å²) in [4.78, 5) is 7.82. The number of aromatic nitrogens is 2. The van der Waals surface area contributed by atoms with Gasteiger partial charge >= 0.3 is 0 Å². The maximum Gasteiger partial charge on any atom is 0.225 e. The number of hydrogen-bond donors (Lipinski definition) is 1. The first-order chi connectivity index (χ1) is 6.22. The second kappa shape index (κ2) is 5.29. The van der Waals surface area contributed by atoms with Crippen molar-refractivity contribution in [3.05, 3.63) is 11.3 Å². The number of nitrogens with zero attached hydrogens (tertiary/aromatic N) is 2. The highest BCUT2D eigenvalue weighted by molar-refractivity contribution is 7.99. The van der Waals surface area contributed by atoms with Gasteiger partial charge in [-0.25, -0.2) is 9.97 Å². The molecule has 0 saturated heterocycles. The lowest BCUT2D eigenvalue weighted by Gasteiger charge is -2.00. The maximum atomic E-state index is 5.65. The molecule has 1 rings (SSSR count). The molecule has 0 aliphatic heterocycles. The summed E-state index contributed by atoms with van der Waals surface area (Å²) in [7, 11) is 0. The van der Waals surface area contributed by atoms with Crippen molar-refractivity contribution < 1.29 is 0 Å². The number of unbranched alkanes of at least 4 members (excludes halogenated alkanes) is 1. The Hall–Kier alpha value is -0.480. The van der Waals surface area contributed by atoms with Crippen molar-refractivity contribution >= 4 is 29.2 Å². The highest BCUT2D eigenvalue weighted by Crippen LogP contribution is 2.19. The van der Waals surface area contributed by atoms with Crippen LogP contribution in [0, 0.1) is 0 Å². The first-order valence-electron chi connectivity index (χ1n) is 4.15. The van der Waals surface area contributed by atoms with Gasteiger partial charge < -0.3 is 5.73 Å². The van der Waals surface area contributed by atoms with E-state index in [1.54, 1.807) is 17.8 Å². The quantitative estimate of drug-likeness (QED) is 0.365. The van der Waals surface area contributed by atoms with Gasteiger partial charge in [0.15, 0.2) is 0 Å². The van der Waals surface area contributed by atoms with E-state index < -0.39 is 0 Å². The van der Waals surface area contributed by atoms with E-state index in [1.807, 2.05) is 0 Å². The van der Waals surface area contributed by atoms with Crippen LogP contribution >= 0.6 is 23.4 Å². The molecule has 1 aromatic rings. The third-order valence-electron chi connectivity index (χ3n) is 1.44. The first-order valence-corrected chi connectivity index (χ1v) is 5.51. The third kappa shape index (κ3) is 3.83. The Kier molecular flexibility index (Phi) is 4.32. The molecule has 0 aliphatic rings. The monoisotopic (exact) mass is 217 g/mol. The second-order valence-corrected chi connectivity index (χ2v) is 4.06. The lowest BCUT2D eigenvalue weighted by Crippen LogP contribution is -1.94. The Balaban J connectivity index is 2.56. The number of rotatable bonds is 4. The molecule has 0 amide bonds. The van der Waals surface area contributed by atoms with E-state index >= 15 is 0 Å². The van der Waals surface area contributed by atoms with Gasteiger partial charge in [-0.15, -0.1) is 11.8 Å². The number of nitrogen functional groups attached to an aromatic ring is 1. The zero-order valence-corrected chi connectivity index (χ0v) is 9.03. The number of anilines is 1. The summed E-state index contributed by atoms with van der Waals surface area (Å²) < 4.78 is 0. The minimum Gasteiger partial charge on any atom is -0.384 e. The minimum atomic E-state index is 0.221. The zero-order chi connectivity index (χ0) is 9.68. The van der Waals surface area contributed by atoms with Crippen LogP contribution in [0.3, 0.4) is 0 Å². The van der Waals surface area contributed by atoms with Crippen molar-refractivity contribution in [2.24, 2.45) is 0 Å². The molecule has 0 saturated carbocycles. The van der Waals surface area contributed by atoms with Gasteiger partial charge in [0.05, 0.1) is 0 Å².